The van der Waals surface area contributed by atoms with E-state index in [4.69, 9.17) is 9.72 Å². The monoisotopic (exact) mass is 487 g/mol. The fraction of sp³-hybridized carbons (Fsp3) is 0.138. The lowest BCUT2D eigenvalue weighted by Gasteiger charge is -2.19. The van der Waals surface area contributed by atoms with Gasteiger partial charge >= 0.3 is 0 Å². The highest BCUT2D eigenvalue weighted by molar-refractivity contribution is 5.83. The van der Waals surface area contributed by atoms with Gasteiger partial charge in [0.05, 0.1) is 29.9 Å². The average Bonchev–Trinajstić information content (AvgIpc) is 3.62. The van der Waals surface area contributed by atoms with E-state index in [0.29, 0.717) is 12.3 Å². The smallest absolute Gasteiger partial charge is 0.212 e. The van der Waals surface area contributed by atoms with Crippen LogP contribution < -0.4 is 4.74 Å². The number of hydrogen-bond acceptors (Lipinski definition) is 6. The van der Waals surface area contributed by atoms with Crippen molar-refractivity contribution in [2.24, 2.45) is 0 Å². The molecule has 0 aliphatic carbocycles. The van der Waals surface area contributed by atoms with Crippen molar-refractivity contribution in [3.63, 3.8) is 0 Å². The number of nitrogens with zero attached hydrogens (tertiary/aromatic N) is 7. The summed E-state index contributed by atoms with van der Waals surface area (Å²) >= 11 is 0. The molecule has 3 heterocycles. The Hall–Kier alpha value is -4.85. The molecule has 0 unspecified atom stereocenters. The second kappa shape index (κ2) is 9.66. The Kier molecular flexibility index (Phi) is 5.90. The molecule has 0 amide bonds. The molecule has 0 saturated carbocycles. The van der Waals surface area contributed by atoms with Crippen LogP contribution in [0.2, 0.25) is 0 Å². The Morgan fingerprint density at radius 3 is 2.41 bits per heavy atom. The van der Waals surface area contributed by atoms with E-state index in [0.717, 1.165) is 39.2 Å². The molecule has 3 aromatic carbocycles. The minimum Gasteiger partial charge on any atom is -0.481 e. The van der Waals surface area contributed by atoms with Gasteiger partial charge < -0.3 is 9.30 Å². The highest BCUT2D eigenvalue weighted by atomic mass is 16.5. The van der Waals surface area contributed by atoms with Gasteiger partial charge in [0.1, 0.15) is 12.2 Å². The standard InChI is InChI=1S/C29H25N7O/c1-20(22-6-4-3-5-7-22)36-27-17-23(24-11-15-29(37-2)30-18-24)10-14-26(27)32-28(36)16-21-8-12-25(13-9-21)35-19-31-33-34-35/h3-15,17-20H,16H2,1-2H3/t20-/m0/s1. The van der Waals surface area contributed by atoms with E-state index in [9.17, 15) is 0 Å². The highest BCUT2D eigenvalue weighted by Gasteiger charge is 2.18. The lowest BCUT2D eigenvalue weighted by atomic mass is 10.1. The summed E-state index contributed by atoms with van der Waals surface area (Å²) in [6.07, 6.45) is 4.13. The van der Waals surface area contributed by atoms with Crippen molar-refractivity contribution in [1.82, 2.24) is 34.7 Å². The normalized spacial score (nSPS) is 12.1. The Morgan fingerprint density at radius 1 is 0.892 bits per heavy atom. The summed E-state index contributed by atoms with van der Waals surface area (Å²) in [6.45, 7) is 2.22. The SMILES string of the molecule is COc1ccc(-c2ccc3nc(Cc4ccc(-n5cnnn5)cc4)n([C@@H](C)c4ccccc4)c3c2)cn1. The number of fused-ring (bicyclic) bond motifs is 1. The summed E-state index contributed by atoms with van der Waals surface area (Å²) in [5.74, 6) is 1.60. The van der Waals surface area contributed by atoms with Crippen molar-refractivity contribution in [2.45, 2.75) is 19.4 Å². The van der Waals surface area contributed by atoms with Crippen molar-refractivity contribution in [3.05, 3.63) is 114 Å². The van der Waals surface area contributed by atoms with E-state index >= 15 is 0 Å². The largest absolute Gasteiger partial charge is 0.481 e. The van der Waals surface area contributed by atoms with E-state index < -0.39 is 0 Å². The molecule has 0 aliphatic heterocycles. The first-order valence-corrected chi connectivity index (χ1v) is 12.1. The second-order valence-electron chi connectivity index (χ2n) is 8.88. The molecule has 8 heteroatoms. The Balaban J connectivity index is 1.42. The van der Waals surface area contributed by atoms with Crippen molar-refractivity contribution in [2.75, 3.05) is 7.11 Å². The van der Waals surface area contributed by atoms with Crippen molar-refractivity contribution in [1.29, 1.82) is 0 Å². The summed E-state index contributed by atoms with van der Waals surface area (Å²) in [4.78, 5) is 9.47. The number of ether oxygens (including phenoxy) is 1. The molecule has 0 bridgehead atoms. The average molecular weight is 488 g/mol. The lowest BCUT2D eigenvalue weighted by molar-refractivity contribution is 0.398. The Labute approximate surface area is 214 Å². The minimum atomic E-state index is 0.103. The zero-order valence-corrected chi connectivity index (χ0v) is 20.6. The maximum Gasteiger partial charge on any atom is 0.212 e. The first kappa shape index (κ1) is 22.6. The Morgan fingerprint density at radius 2 is 1.70 bits per heavy atom. The van der Waals surface area contributed by atoms with Gasteiger partial charge in [-0.1, -0.05) is 48.5 Å². The van der Waals surface area contributed by atoms with Crippen LogP contribution in [0.1, 0.15) is 29.9 Å². The molecule has 6 aromatic rings. The molecule has 8 nitrogen and oxygen atoms in total. The van der Waals surface area contributed by atoms with Crippen LogP contribution >= 0.6 is 0 Å². The molecule has 1 atom stereocenters. The van der Waals surface area contributed by atoms with Crippen LogP contribution in [0.25, 0.3) is 27.8 Å². The molecule has 0 fully saturated rings. The van der Waals surface area contributed by atoms with Gasteiger partial charge in [-0.25, -0.2) is 14.6 Å². The zero-order chi connectivity index (χ0) is 25.2. The topological polar surface area (TPSA) is 83.5 Å². The predicted molar refractivity (Wildman–Crippen MR) is 142 cm³/mol. The first-order chi connectivity index (χ1) is 18.2. The van der Waals surface area contributed by atoms with Gasteiger partial charge in [0, 0.05) is 24.2 Å². The summed E-state index contributed by atoms with van der Waals surface area (Å²) in [6, 6.07) is 29.2. The van der Waals surface area contributed by atoms with E-state index in [2.05, 4.69) is 86.6 Å². The third-order valence-corrected chi connectivity index (χ3v) is 6.62. The van der Waals surface area contributed by atoms with Crippen LogP contribution in [-0.2, 0) is 6.42 Å². The van der Waals surface area contributed by atoms with Gasteiger partial charge in [0.25, 0.3) is 0 Å². The highest BCUT2D eigenvalue weighted by Crippen LogP contribution is 2.31. The molecule has 3 aromatic heterocycles. The zero-order valence-electron chi connectivity index (χ0n) is 20.6. The van der Waals surface area contributed by atoms with Gasteiger partial charge in [0.15, 0.2) is 0 Å². The second-order valence-corrected chi connectivity index (χ2v) is 8.88. The van der Waals surface area contributed by atoms with Crippen LogP contribution in [-0.4, -0.2) is 41.9 Å². The van der Waals surface area contributed by atoms with Crippen molar-refractivity contribution >= 4 is 11.0 Å². The molecule has 0 aliphatic rings. The molecule has 0 spiro atoms. The molecule has 37 heavy (non-hydrogen) atoms. The first-order valence-electron chi connectivity index (χ1n) is 12.1. The van der Waals surface area contributed by atoms with Gasteiger partial charge in [0.2, 0.25) is 5.88 Å². The van der Waals surface area contributed by atoms with E-state index in [1.54, 1.807) is 18.1 Å². The number of tetrazole rings is 1. The fourth-order valence-electron chi connectivity index (χ4n) is 4.66. The number of methoxy groups -OCH3 is 1. The van der Waals surface area contributed by atoms with Gasteiger partial charge in [-0.15, -0.1) is 5.10 Å². The summed E-state index contributed by atoms with van der Waals surface area (Å²) in [7, 11) is 1.62. The number of aromatic nitrogens is 7. The third kappa shape index (κ3) is 4.45. The maximum absolute atomic E-state index is 5.23. The number of imidazole rings is 1. The van der Waals surface area contributed by atoms with Gasteiger partial charge in [-0.2, -0.15) is 0 Å². The van der Waals surface area contributed by atoms with Gasteiger partial charge in [-0.3, -0.25) is 0 Å². The minimum absolute atomic E-state index is 0.103. The molecule has 0 saturated heterocycles. The van der Waals surface area contributed by atoms with Gasteiger partial charge in [-0.05, 0) is 64.4 Å². The fourth-order valence-corrected chi connectivity index (χ4v) is 4.66. The van der Waals surface area contributed by atoms with Crippen molar-refractivity contribution < 1.29 is 4.74 Å². The lowest BCUT2D eigenvalue weighted by Crippen LogP contribution is -2.11. The van der Waals surface area contributed by atoms with E-state index in [1.165, 1.54) is 5.56 Å². The van der Waals surface area contributed by atoms with Crippen LogP contribution in [0.3, 0.4) is 0 Å². The number of rotatable bonds is 7. The Bertz CT molecular complexity index is 1620. The molecular formula is C29H25N7O. The maximum atomic E-state index is 5.23. The van der Waals surface area contributed by atoms with Crippen LogP contribution in [0.5, 0.6) is 5.88 Å². The number of hydrogen-bond donors (Lipinski definition) is 0. The molecule has 182 valence electrons. The summed E-state index contributed by atoms with van der Waals surface area (Å²) < 4.78 is 9.22. The quantitative estimate of drug-likeness (QED) is 0.305. The van der Waals surface area contributed by atoms with E-state index in [1.807, 2.05) is 36.5 Å². The molecule has 0 N–H and O–H groups in total. The molecular weight excluding hydrogens is 462 g/mol. The number of benzene rings is 3. The summed E-state index contributed by atoms with van der Waals surface area (Å²) in [5.41, 5.74) is 7.47. The molecule has 0 radical (unpaired) electrons. The van der Waals surface area contributed by atoms with Crippen LogP contribution in [0.15, 0.2) is 97.5 Å². The van der Waals surface area contributed by atoms with E-state index in [-0.39, 0.29) is 6.04 Å². The van der Waals surface area contributed by atoms with Crippen LogP contribution in [0.4, 0.5) is 0 Å². The predicted octanol–water partition coefficient (Wildman–Crippen LogP) is 5.28. The summed E-state index contributed by atoms with van der Waals surface area (Å²) in [5, 5.41) is 11.4. The number of pyridine rings is 1. The molecule has 6 rings (SSSR count). The third-order valence-electron chi connectivity index (χ3n) is 6.62. The van der Waals surface area contributed by atoms with Crippen molar-refractivity contribution in [3.8, 4) is 22.7 Å². The van der Waals surface area contributed by atoms with Crippen LogP contribution in [0, 0.1) is 0 Å².